The Balaban J connectivity index is 2.17. The molecule has 63 valence electrons. The third kappa shape index (κ3) is 3.04. The van der Waals surface area contributed by atoms with Gasteiger partial charge >= 0.3 is 0 Å². The molecule has 0 atom stereocenters. The van der Waals surface area contributed by atoms with Crippen LogP contribution in [0.1, 0.15) is 0 Å². The van der Waals surface area contributed by atoms with E-state index >= 15 is 0 Å². The second-order valence-corrected chi connectivity index (χ2v) is 3.08. The Morgan fingerprint density at radius 2 is 1.91 bits per heavy atom. The van der Waals surface area contributed by atoms with E-state index in [1.165, 1.54) is 26.2 Å². The second-order valence-electron chi connectivity index (χ2n) is 3.08. The zero-order chi connectivity index (χ0) is 8.10. The van der Waals surface area contributed by atoms with Crippen molar-refractivity contribution in [3.05, 3.63) is 19.1 Å². The Morgan fingerprint density at radius 3 is 2.45 bits per heavy atom. The lowest BCUT2D eigenvalue weighted by atomic mass is 10.3. The van der Waals surface area contributed by atoms with Gasteiger partial charge < -0.3 is 4.90 Å². The van der Waals surface area contributed by atoms with Crippen LogP contribution in [-0.4, -0.2) is 49.6 Å². The normalized spacial score (nSPS) is 23.1. The summed E-state index contributed by atoms with van der Waals surface area (Å²) in [7, 11) is 2.18. The van der Waals surface area contributed by atoms with Gasteiger partial charge in [-0.2, -0.15) is 0 Å². The van der Waals surface area contributed by atoms with Crippen LogP contribution in [0.2, 0.25) is 0 Å². The third-order valence-electron chi connectivity index (χ3n) is 2.13. The molecule has 1 aliphatic heterocycles. The molecule has 1 heterocycles. The maximum atomic E-state index is 3.67. The molecule has 0 aromatic carbocycles. The molecule has 0 aliphatic carbocycles. The molecule has 11 heavy (non-hydrogen) atoms. The third-order valence-corrected chi connectivity index (χ3v) is 2.13. The molecular formula is C9H17N2. The molecule has 0 aromatic rings. The smallest absolute Gasteiger partial charge is 0.0164 e. The number of piperazine rings is 1. The van der Waals surface area contributed by atoms with Crippen molar-refractivity contribution >= 4 is 0 Å². The number of likely N-dealkylation sites (N-methyl/N-ethyl adjacent to an activating group) is 1. The Hall–Kier alpha value is -0.340. The van der Waals surface area contributed by atoms with E-state index in [0.717, 1.165) is 6.54 Å². The van der Waals surface area contributed by atoms with Crippen LogP contribution in [0, 0.1) is 6.92 Å². The summed E-state index contributed by atoms with van der Waals surface area (Å²) in [6.45, 7) is 9.52. The number of hydrogen-bond acceptors (Lipinski definition) is 2. The predicted molar refractivity (Wildman–Crippen MR) is 48.4 cm³/mol. The van der Waals surface area contributed by atoms with Crippen molar-refractivity contribution in [2.24, 2.45) is 0 Å². The minimum absolute atomic E-state index is 1.07. The van der Waals surface area contributed by atoms with Crippen LogP contribution >= 0.6 is 0 Å². The van der Waals surface area contributed by atoms with E-state index in [4.69, 9.17) is 0 Å². The zero-order valence-corrected chi connectivity index (χ0v) is 7.29. The number of nitrogens with zero attached hydrogens (tertiary/aromatic N) is 2. The van der Waals surface area contributed by atoms with Gasteiger partial charge in [0.15, 0.2) is 0 Å². The van der Waals surface area contributed by atoms with E-state index in [1.54, 1.807) is 0 Å². The first-order chi connectivity index (χ1) is 5.33. The van der Waals surface area contributed by atoms with E-state index in [-0.39, 0.29) is 0 Å². The van der Waals surface area contributed by atoms with Crippen LogP contribution in [0.25, 0.3) is 0 Å². The molecule has 1 radical (unpaired) electrons. The monoisotopic (exact) mass is 153 g/mol. The molecule has 1 fully saturated rings. The standard InChI is InChI=1S/C9H17N2/c1-3-4-5-11-8-6-10(2)7-9-11/h3-4H,1,5-9H2,2H3/b4-3+. The first-order valence-electron chi connectivity index (χ1n) is 4.18. The molecular weight excluding hydrogens is 136 g/mol. The van der Waals surface area contributed by atoms with Gasteiger partial charge in [0.25, 0.3) is 0 Å². The van der Waals surface area contributed by atoms with Crippen molar-refractivity contribution in [1.29, 1.82) is 0 Å². The highest BCUT2D eigenvalue weighted by Crippen LogP contribution is 1.98. The lowest BCUT2D eigenvalue weighted by molar-refractivity contribution is 0.166. The summed E-state index contributed by atoms with van der Waals surface area (Å²) in [5.41, 5.74) is 0. The summed E-state index contributed by atoms with van der Waals surface area (Å²) in [5.74, 6) is 0. The van der Waals surface area contributed by atoms with Gasteiger partial charge in [0.05, 0.1) is 0 Å². The fourth-order valence-corrected chi connectivity index (χ4v) is 1.25. The van der Waals surface area contributed by atoms with Crippen molar-refractivity contribution in [3.63, 3.8) is 0 Å². The molecule has 0 bridgehead atoms. The van der Waals surface area contributed by atoms with Gasteiger partial charge in [-0.1, -0.05) is 12.2 Å². The van der Waals surface area contributed by atoms with Gasteiger partial charge in [-0.3, -0.25) is 4.90 Å². The molecule has 1 rings (SSSR count). The van der Waals surface area contributed by atoms with Gasteiger partial charge in [0.1, 0.15) is 0 Å². The summed E-state index contributed by atoms with van der Waals surface area (Å²) in [6.07, 6.45) is 3.99. The molecule has 0 spiro atoms. The Morgan fingerprint density at radius 1 is 1.27 bits per heavy atom. The maximum absolute atomic E-state index is 3.67. The molecule has 2 nitrogen and oxygen atoms in total. The van der Waals surface area contributed by atoms with Gasteiger partial charge in [0.2, 0.25) is 0 Å². The lowest BCUT2D eigenvalue weighted by Gasteiger charge is -2.31. The highest BCUT2D eigenvalue weighted by atomic mass is 15.2. The summed E-state index contributed by atoms with van der Waals surface area (Å²) in [6, 6.07) is 0. The fraction of sp³-hybridized carbons (Fsp3) is 0.667. The molecule has 1 aliphatic rings. The highest BCUT2D eigenvalue weighted by Gasteiger charge is 2.11. The van der Waals surface area contributed by atoms with Gasteiger partial charge in [-0.25, -0.2) is 0 Å². The Bertz CT molecular complexity index is 124. The summed E-state index contributed by atoms with van der Waals surface area (Å²) < 4.78 is 0. The van der Waals surface area contributed by atoms with Crippen LogP contribution in [0.3, 0.4) is 0 Å². The lowest BCUT2D eigenvalue weighted by Crippen LogP contribution is -2.44. The van der Waals surface area contributed by atoms with Gasteiger partial charge in [-0.05, 0) is 14.0 Å². The first kappa shape index (κ1) is 8.75. The van der Waals surface area contributed by atoms with E-state index in [9.17, 15) is 0 Å². The van der Waals surface area contributed by atoms with E-state index < -0.39 is 0 Å². The molecule has 1 saturated heterocycles. The summed E-state index contributed by atoms with van der Waals surface area (Å²) in [4.78, 5) is 4.81. The van der Waals surface area contributed by atoms with Crippen molar-refractivity contribution in [3.8, 4) is 0 Å². The Labute approximate surface area is 69.5 Å². The van der Waals surface area contributed by atoms with Crippen LogP contribution in [0.5, 0.6) is 0 Å². The van der Waals surface area contributed by atoms with Gasteiger partial charge in [0, 0.05) is 32.7 Å². The largest absolute Gasteiger partial charge is 0.304 e. The SMILES string of the molecule is [CH2]/C=C/CN1CCN(C)CC1. The number of allylic oxidation sites excluding steroid dienone is 1. The topological polar surface area (TPSA) is 6.48 Å². The average molecular weight is 153 g/mol. The molecule has 0 amide bonds. The van der Waals surface area contributed by atoms with Crippen LogP contribution in [0.4, 0.5) is 0 Å². The average Bonchev–Trinajstić information content (AvgIpc) is 2.04. The van der Waals surface area contributed by atoms with Crippen molar-refractivity contribution in [2.75, 3.05) is 39.8 Å². The van der Waals surface area contributed by atoms with E-state index in [1.807, 2.05) is 6.08 Å². The van der Waals surface area contributed by atoms with E-state index in [0.29, 0.717) is 0 Å². The van der Waals surface area contributed by atoms with E-state index in [2.05, 4.69) is 29.8 Å². The minimum Gasteiger partial charge on any atom is -0.304 e. The molecule has 2 heteroatoms. The highest BCUT2D eigenvalue weighted by molar-refractivity contribution is 4.87. The van der Waals surface area contributed by atoms with Crippen molar-refractivity contribution in [1.82, 2.24) is 9.80 Å². The number of hydrogen-bond donors (Lipinski definition) is 0. The molecule has 0 N–H and O–H groups in total. The molecule has 0 aromatic heterocycles. The fourth-order valence-electron chi connectivity index (χ4n) is 1.25. The zero-order valence-electron chi connectivity index (χ0n) is 7.29. The van der Waals surface area contributed by atoms with Crippen molar-refractivity contribution < 1.29 is 0 Å². The van der Waals surface area contributed by atoms with Crippen molar-refractivity contribution in [2.45, 2.75) is 0 Å². The van der Waals surface area contributed by atoms with Crippen LogP contribution in [-0.2, 0) is 0 Å². The van der Waals surface area contributed by atoms with Gasteiger partial charge in [-0.15, -0.1) is 0 Å². The quantitative estimate of drug-likeness (QED) is 0.574. The summed E-state index contributed by atoms with van der Waals surface area (Å²) in [5, 5.41) is 0. The minimum atomic E-state index is 1.07. The number of rotatable bonds is 2. The second kappa shape index (κ2) is 4.52. The molecule has 0 unspecified atom stereocenters. The maximum Gasteiger partial charge on any atom is 0.0164 e. The van der Waals surface area contributed by atoms with Crippen LogP contribution in [0.15, 0.2) is 12.2 Å². The molecule has 0 saturated carbocycles. The van der Waals surface area contributed by atoms with Crippen LogP contribution < -0.4 is 0 Å². The summed E-state index contributed by atoms with van der Waals surface area (Å²) >= 11 is 0. The first-order valence-corrected chi connectivity index (χ1v) is 4.18. The Kier molecular flexibility index (Phi) is 3.60. The predicted octanol–water partition coefficient (Wildman–Crippen LogP) is 0.624.